The van der Waals surface area contributed by atoms with E-state index in [-0.39, 0.29) is 23.7 Å². The van der Waals surface area contributed by atoms with Crippen molar-refractivity contribution in [1.82, 2.24) is 10.2 Å². The second-order valence-corrected chi connectivity index (χ2v) is 8.06. The standard InChI is InChI=1S/C21H29ClN2O2/c1-24(19-10-8-18(9-11-19)23-20(25)14-22)21(26)13-15-6-7-16-4-2-3-5-17(16)12-15/h2-5,15,18-19H,6-14H2,1H3,(H,23,25). The van der Waals surface area contributed by atoms with E-state index < -0.39 is 0 Å². The van der Waals surface area contributed by atoms with Crippen LogP contribution in [0.3, 0.4) is 0 Å². The summed E-state index contributed by atoms with van der Waals surface area (Å²) in [6.45, 7) is 0. The Hall–Kier alpha value is -1.55. The zero-order chi connectivity index (χ0) is 18.5. The van der Waals surface area contributed by atoms with Crippen LogP contribution in [0.1, 0.15) is 49.7 Å². The summed E-state index contributed by atoms with van der Waals surface area (Å²) in [6, 6.07) is 9.10. The molecule has 1 aromatic rings. The van der Waals surface area contributed by atoms with Crippen LogP contribution in [0.2, 0.25) is 0 Å². The number of fused-ring (bicyclic) bond motifs is 1. The van der Waals surface area contributed by atoms with Gasteiger partial charge in [-0.05, 0) is 62.0 Å². The third kappa shape index (κ3) is 4.79. The van der Waals surface area contributed by atoms with Gasteiger partial charge in [-0.3, -0.25) is 9.59 Å². The van der Waals surface area contributed by atoms with Gasteiger partial charge in [-0.1, -0.05) is 24.3 Å². The van der Waals surface area contributed by atoms with E-state index in [2.05, 4.69) is 29.6 Å². The lowest BCUT2D eigenvalue weighted by molar-refractivity contribution is -0.134. The highest BCUT2D eigenvalue weighted by Gasteiger charge is 2.29. The van der Waals surface area contributed by atoms with Crippen molar-refractivity contribution in [2.45, 2.75) is 63.5 Å². The molecule has 0 heterocycles. The van der Waals surface area contributed by atoms with Crippen molar-refractivity contribution in [3.63, 3.8) is 0 Å². The number of hydrogen-bond acceptors (Lipinski definition) is 2. The zero-order valence-electron chi connectivity index (χ0n) is 15.5. The number of nitrogens with zero attached hydrogens (tertiary/aromatic N) is 1. The van der Waals surface area contributed by atoms with Crippen LogP contribution >= 0.6 is 11.6 Å². The minimum atomic E-state index is -0.0999. The molecule has 2 amide bonds. The largest absolute Gasteiger partial charge is 0.352 e. The third-order valence-electron chi connectivity index (χ3n) is 6.04. The summed E-state index contributed by atoms with van der Waals surface area (Å²) >= 11 is 5.55. The van der Waals surface area contributed by atoms with Crippen molar-refractivity contribution in [3.8, 4) is 0 Å². The molecule has 1 N–H and O–H groups in total. The first-order chi connectivity index (χ1) is 12.6. The van der Waals surface area contributed by atoms with Crippen molar-refractivity contribution >= 4 is 23.4 Å². The van der Waals surface area contributed by atoms with Gasteiger partial charge in [0, 0.05) is 25.6 Å². The molecule has 5 heteroatoms. The number of halogens is 1. The summed E-state index contributed by atoms with van der Waals surface area (Å²) in [5.41, 5.74) is 2.86. The number of rotatable bonds is 5. The number of hydrogen-bond donors (Lipinski definition) is 1. The van der Waals surface area contributed by atoms with Crippen molar-refractivity contribution in [1.29, 1.82) is 0 Å². The van der Waals surface area contributed by atoms with Gasteiger partial charge >= 0.3 is 0 Å². The summed E-state index contributed by atoms with van der Waals surface area (Å²) in [5, 5.41) is 2.96. The molecule has 1 unspecified atom stereocenters. The van der Waals surface area contributed by atoms with E-state index in [1.165, 1.54) is 11.1 Å². The Balaban J connectivity index is 1.46. The topological polar surface area (TPSA) is 49.4 Å². The van der Waals surface area contributed by atoms with Gasteiger partial charge in [-0.25, -0.2) is 0 Å². The van der Waals surface area contributed by atoms with Gasteiger partial charge in [0.25, 0.3) is 0 Å². The zero-order valence-corrected chi connectivity index (χ0v) is 16.3. The van der Waals surface area contributed by atoms with E-state index in [1.54, 1.807) is 0 Å². The SMILES string of the molecule is CN(C(=O)CC1CCc2ccccc2C1)C1CCC(NC(=O)CCl)CC1. The second-order valence-electron chi connectivity index (χ2n) is 7.79. The van der Waals surface area contributed by atoms with Gasteiger partial charge in [0.1, 0.15) is 5.88 Å². The van der Waals surface area contributed by atoms with Gasteiger partial charge < -0.3 is 10.2 Å². The fraction of sp³-hybridized carbons (Fsp3) is 0.619. The quantitative estimate of drug-likeness (QED) is 0.801. The molecule has 0 spiro atoms. The molecule has 26 heavy (non-hydrogen) atoms. The van der Waals surface area contributed by atoms with Crippen LogP contribution in [0, 0.1) is 5.92 Å². The molecule has 0 saturated heterocycles. The smallest absolute Gasteiger partial charge is 0.235 e. The second kappa shape index (κ2) is 8.90. The molecule has 1 aromatic carbocycles. The van der Waals surface area contributed by atoms with Crippen LogP contribution in [0.4, 0.5) is 0 Å². The van der Waals surface area contributed by atoms with Crippen molar-refractivity contribution < 1.29 is 9.59 Å². The van der Waals surface area contributed by atoms with Crippen molar-refractivity contribution in [3.05, 3.63) is 35.4 Å². The van der Waals surface area contributed by atoms with E-state index in [1.807, 2.05) is 11.9 Å². The Labute approximate surface area is 161 Å². The molecule has 1 saturated carbocycles. The fourth-order valence-corrected chi connectivity index (χ4v) is 4.49. The number of alkyl halides is 1. The summed E-state index contributed by atoms with van der Waals surface area (Å²) in [6.07, 6.45) is 7.59. The average molecular weight is 377 g/mol. The highest BCUT2D eigenvalue weighted by molar-refractivity contribution is 6.27. The number of carbonyl (C=O) groups is 2. The molecule has 1 fully saturated rings. The lowest BCUT2D eigenvalue weighted by Crippen LogP contribution is -2.45. The molecule has 142 valence electrons. The monoisotopic (exact) mass is 376 g/mol. The van der Waals surface area contributed by atoms with E-state index in [4.69, 9.17) is 11.6 Å². The van der Waals surface area contributed by atoms with Gasteiger partial charge in [-0.15, -0.1) is 11.6 Å². The maximum absolute atomic E-state index is 12.8. The first-order valence-electron chi connectivity index (χ1n) is 9.74. The van der Waals surface area contributed by atoms with Crippen LogP contribution < -0.4 is 5.32 Å². The van der Waals surface area contributed by atoms with Crippen molar-refractivity contribution in [2.24, 2.45) is 5.92 Å². The summed E-state index contributed by atoms with van der Waals surface area (Å²) in [5.74, 6) is 0.641. The Morgan fingerprint density at radius 3 is 2.50 bits per heavy atom. The highest BCUT2D eigenvalue weighted by Crippen LogP contribution is 2.29. The Morgan fingerprint density at radius 1 is 1.12 bits per heavy atom. The van der Waals surface area contributed by atoms with Crippen LogP contribution in [0.5, 0.6) is 0 Å². The van der Waals surface area contributed by atoms with Gasteiger partial charge in [0.15, 0.2) is 0 Å². The molecular weight excluding hydrogens is 348 g/mol. The maximum Gasteiger partial charge on any atom is 0.235 e. The van der Waals surface area contributed by atoms with Gasteiger partial charge in [-0.2, -0.15) is 0 Å². The lowest BCUT2D eigenvalue weighted by Gasteiger charge is -2.36. The van der Waals surface area contributed by atoms with Crippen LogP contribution in [0.15, 0.2) is 24.3 Å². The summed E-state index contributed by atoms with van der Waals surface area (Å²) in [7, 11) is 1.95. The molecule has 0 radical (unpaired) electrons. The van der Waals surface area contributed by atoms with E-state index >= 15 is 0 Å². The number of nitrogens with one attached hydrogen (secondary N) is 1. The Kier molecular flexibility index (Phi) is 6.58. The Morgan fingerprint density at radius 2 is 1.81 bits per heavy atom. The van der Waals surface area contributed by atoms with Crippen LogP contribution in [0.25, 0.3) is 0 Å². The minimum Gasteiger partial charge on any atom is -0.352 e. The number of benzene rings is 1. The molecule has 0 aromatic heterocycles. The van der Waals surface area contributed by atoms with Crippen LogP contribution in [-0.2, 0) is 22.4 Å². The molecule has 0 aliphatic heterocycles. The van der Waals surface area contributed by atoms with E-state index in [0.717, 1.165) is 44.9 Å². The number of carbonyl (C=O) groups excluding carboxylic acids is 2. The van der Waals surface area contributed by atoms with Gasteiger partial charge in [0.05, 0.1) is 0 Å². The molecule has 2 aliphatic carbocycles. The van der Waals surface area contributed by atoms with E-state index in [0.29, 0.717) is 18.4 Å². The summed E-state index contributed by atoms with van der Waals surface area (Å²) in [4.78, 5) is 26.1. The predicted octanol–water partition coefficient (Wildman–Crippen LogP) is 3.31. The maximum atomic E-state index is 12.8. The minimum absolute atomic E-state index is 0.0167. The first kappa shape index (κ1) is 19.2. The lowest BCUT2D eigenvalue weighted by atomic mass is 9.82. The molecule has 0 bridgehead atoms. The molecular formula is C21H29ClN2O2. The van der Waals surface area contributed by atoms with E-state index in [9.17, 15) is 9.59 Å². The van der Waals surface area contributed by atoms with Crippen LogP contribution in [-0.4, -0.2) is 41.7 Å². The normalized spacial score (nSPS) is 25.2. The number of aryl methyl sites for hydroxylation is 1. The van der Waals surface area contributed by atoms with Crippen molar-refractivity contribution in [2.75, 3.05) is 12.9 Å². The number of amides is 2. The molecule has 2 aliphatic rings. The third-order valence-corrected chi connectivity index (χ3v) is 6.28. The molecule has 3 rings (SSSR count). The average Bonchev–Trinajstić information content (AvgIpc) is 2.67. The first-order valence-corrected chi connectivity index (χ1v) is 10.3. The fourth-order valence-electron chi connectivity index (χ4n) is 4.42. The molecule has 1 atom stereocenters. The summed E-state index contributed by atoms with van der Waals surface area (Å²) < 4.78 is 0. The highest BCUT2D eigenvalue weighted by atomic mass is 35.5. The Bertz CT molecular complexity index is 641. The molecule has 4 nitrogen and oxygen atoms in total. The predicted molar refractivity (Wildman–Crippen MR) is 104 cm³/mol. The van der Waals surface area contributed by atoms with Gasteiger partial charge in [0.2, 0.25) is 11.8 Å².